The summed E-state index contributed by atoms with van der Waals surface area (Å²) in [7, 11) is 2.26. The Hall–Kier alpha value is -0.643. The number of hydrogen-bond donors (Lipinski definition) is 0. The van der Waals surface area contributed by atoms with Gasteiger partial charge in [-0.3, -0.25) is 0 Å². The first-order chi connectivity index (χ1) is 10.5. The van der Waals surface area contributed by atoms with Crippen LogP contribution >= 0.6 is 0 Å². The van der Waals surface area contributed by atoms with Crippen LogP contribution in [-0.4, -0.2) is 35.5 Å². The molecular weight excluding hydrogens is 300 g/mol. The van der Waals surface area contributed by atoms with E-state index in [-0.39, 0.29) is 10.8 Å². The molecule has 0 aromatic carbocycles. The van der Waals surface area contributed by atoms with Crippen molar-refractivity contribution in [2.75, 3.05) is 27.4 Å². The minimum atomic E-state index is -1.33. The van der Waals surface area contributed by atoms with Gasteiger partial charge in [0.05, 0.1) is 21.3 Å². The highest BCUT2D eigenvalue weighted by Gasteiger charge is 2.40. The molecule has 0 aromatic heterocycles. The summed E-state index contributed by atoms with van der Waals surface area (Å²) in [5.74, 6) is 0. The summed E-state index contributed by atoms with van der Waals surface area (Å²) in [6.45, 7) is 19.6. The van der Waals surface area contributed by atoms with Crippen LogP contribution < -0.4 is 0 Å². The standard InChI is InChI=1S/C20H36O2Si/c1-10-17-16(13-23(7,8)9)11-20(14-21-5,15-22-6)12-18(17)19(2,3)4/h10,13H,1,11-12,14-15H2,2-9H3/b16-13+. The third kappa shape index (κ3) is 5.44. The van der Waals surface area contributed by atoms with Crippen LogP contribution in [-0.2, 0) is 9.47 Å². The normalized spacial score (nSPS) is 21.0. The first kappa shape index (κ1) is 20.4. The number of rotatable bonds is 6. The summed E-state index contributed by atoms with van der Waals surface area (Å²) in [5.41, 5.74) is 6.98. The van der Waals surface area contributed by atoms with Crippen LogP contribution in [0.5, 0.6) is 0 Å². The topological polar surface area (TPSA) is 18.5 Å². The van der Waals surface area contributed by atoms with Crippen molar-refractivity contribution in [1.29, 1.82) is 0 Å². The highest BCUT2D eigenvalue weighted by molar-refractivity contribution is 6.81. The maximum atomic E-state index is 5.60. The van der Waals surface area contributed by atoms with E-state index in [1.165, 1.54) is 16.7 Å². The van der Waals surface area contributed by atoms with E-state index in [0.29, 0.717) is 0 Å². The Kier molecular flexibility index (Phi) is 6.65. The van der Waals surface area contributed by atoms with Crippen LogP contribution in [0.1, 0.15) is 33.6 Å². The molecule has 1 aliphatic carbocycles. The van der Waals surface area contributed by atoms with Gasteiger partial charge in [0.2, 0.25) is 0 Å². The van der Waals surface area contributed by atoms with Gasteiger partial charge in [0, 0.05) is 19.6 Å². The Bertz CT molecular complexity index is 481. The summed E-state index contributed by atoms with van der Waals surface area (Å²) >= 11 is 0. The lowest BCUT2D eigenvalue weighted by atomic mass is 9.65. The fraction of sp³-hybridized carbons (Fsp3) is 0.700. The van der Waals surface area contributed by atoms with Crippen molar-refractivity contribution in [2.24, 2.45) is 10.8 Å². The van der Waals surface area contributed by atoms with Crippen LogP contribution in [0.3, 0.4) is 0 Å². The molecule has 0 aliphatic heterocycles. The van der Waals surface area contributed by atoms with E-state index in [0.717, 1.165) is 26.1 Å². The van der Waals surface area contributed by atoms with Crippen molar-refractivity contribution in [3.05, 3.63) is 35.1 Å². The lowest BCUT2D eigenvalue weighted by molar-refractivity contribution is 0.00563. The molecule has 0 spiro atoms. The van der Waals surface area contributed by atoms with E-state index in [9.17, 15) is 0 Å². The van der Waals surface area contributed by atoms with E-state index in [4.69, 9.17) is 9.47 Å². The summed E-state index contributed by atoms with van der Waals surface area (Å²) < 4.78 is 11.2. The van der Waals surface area contributed by atoms with Gasteiger partial charge in [0.1, 0.15) is 0 Å². The van der Waals surface area contributed by atoms with Gasteiger partial charge in [-0.2, -0.15) is 0 Å². The zero-order chi connectivity index (χ0) is 17.9. The van der Waals surface area contributed by atoms with Crippen molar-refractivity contribution in [3.63, 3.8) is 0 Å². The van der Waals surface area contributed by atoms with Gasteiger partial charge in [-0.25, -0.2) is 0 Å². The van der Waals surface area contributed by atoms with Gasteiger partial charge >= 0.3 is 0 Å². The highest BCUT2D eigenvalue weighted by Crippen LogP contribution is 2.49. The molecule has 0 amide bonds. The zero-order valence-electron chi connectivity index (χ0n) is 16.5. The number of hydrogen-bond acceptors (Lipinski definition) is 2. The van der Waals surface area contributed by atoms with E-state index >= 15 is 0 Å². The van der Waals surface area contributed by atoms with Crippen molar-refractivity contribution >= 4 is 8.07 Å². The molecule has 0 N–H and O–H groups in total. The molecule has 0 aromatic rings. The molecule has 0 fully saturated rings. The molecule has 0 saturated carbocycles. The Morgan fingerprint density at radius 2 is 1.61 bits per heavy atom. The van der Waals surface area contributed by atoms with E-state index < -0.39 is 8.07 Å². The second kappa shape index (κ2) is 7.50. The third-order valence-corrected chi connectivity index (χ3v) is 5.62. The maximum Gasteiger partial charge on any atom is 0.0690 e. The largest absolute Gasteiger partial charge is 0.384 e. The van der Waals surface area contributed by atoms with Crippen molar-refractivity contribution in [2.45, 2.75) is 53.3 Å². The summed E-state index contributed by atoms with van der Waals surface area (Å²) in [5, 5.41) is 0. The first-order valence-electron chi connectivity index (χ1n) is 8.54. The summed E-state index contributed by atoms with van der Waals surface area (Å²) in [6, 6.07) is 0. The van der Waals surface area contributed by atoms with Crippen LogP contribution in [0.25, 0.3) is 0 Å². The molecule has 0 atom stereocenters. The molecule has 0 unspecified atom stereocenters. The van der Waals surface area contributed by atoms with Gasteiger partial charge < -0.3 is 9.47 Å². The van der Waals surface area contributed by atoms with E-state index in [1.807, 2.05) is 0 Å². The zero-order valence-corrected chi connectivity index (χ0v) is 17.5. The maximum absolute atomic E-state index is 5.60. The lowest BCUT2D eigenvalue weighted by Crippen LogP contribution is -2.38. The van der Waals surface area contributed by atoms with Crippen molar-refractivity contribution < 1.29 is 9.47 Å². The average Bonchev–Trinajstić information content (AvgIpc) is 2.35. The minimum absolute atomic E-state index is 0.0319. The second-order valence-corrected chi connectivity index (χ2v) is 14.1. The molecule has 3 heteroatoms. The van der Waals surface area contributed by atoms with Crippen molar-refractivity contribution in [1.82, 2.24) is 0 Å². The van der Waals surface area contributed by atoms with Gasteiger partial charge in [0.25, 0.3) is 0 Å². The molecule has 132 valence electrons. The molecule has 0 radical (unpaired) electrons. The van der Waals surface area contributed by atoms with Crippen LogP contribution in [0.4, 0.5) is 0 Å². The van der Waals surface area contributed by atoms with Crippen LogP contribution in [0, 0.1) is 10.8 Å². The van der Waals surface area contributed by atoms with Crippen LogP contribution in [0.2, 0.25) is 19.6 Å². The Labute approximate surface area is 144 Å². The molecule has 0 heterocycles. The molecule has 1 rings (SSSR count). The Morgan fingerprint density at radius 3 is 1.96 bits per heavy atom. The van der Waals surface area contributed by atoms with E-state index in [2.05, 4.69) is 58.8 Å². The second-order valence-electron chi connectivity index (χ2n) is 9.10. The Balaban J connectivity index is 3.53. The summed E-state index contributed by atoms with van der Waals surface area (Å²) in [6.07, 6.45) is 4.10. The molecule has 0 saturated heterocycles. The predicted molar refractivity (Wildman–Crippen MR) is 104 cm³/mol. The van der Waals surface area contributed by atoms with Crippen molar-refractivity contribution in [3.8, 4) is 0 Å². The van der Waals surface area contributed by atoms with Gasteiger partial charge in [-0.05, 0) is 29.4 Å². The third-order valence-electron chi connectivity index (χ3n) is 4.41. The van der Waals surface area contributed by atoms with Gasteiger partial charge in [-0.15, -0.1) is 0 Å². The Morgan fingerprint density at radius 1 is 1.09 bits per heavy atom. The molecule has 2 nitrogen and oxygen atoms in total. The fourth-order valence-corrected chi connectivity index (χ4v) is 4.96. The average molecular weight is 337 g/mol. The van der Waals surface area contributed by atoms with Gasteiger partial charge in [0.15, 0.2) is 0 Å². The fourth-order valence-electron chi connectivity index (χ4n) is 3.66. The number of methoxy groups -OCH3 is 2. The van der Waals surface area contributed by atoms with Gasteiger partial charge in [-0.1, -0.05) is 64.3 Å². The smallest absolute Gasteiger partial charge is 0.0690 e. The molecular formula is C20H36O2Si. The molecule has 0 bridgehead atoms. The molecule has 23 heavy (non-hydrogen) atoms. The van der Waals surface area contributed by atoms with E-state index in [1.54, 1.807) is 14.2 Å². The first-order valence-corrected chi connectivity index (χ1v) is 12.1. The quantitative estimate of drug-likeness (QED) is 0.605. The lowest BCUT2D eigenvalue weighted by Gasteiger charge is -2.43. The summed E-state index contributed by atoms with van der Waals surface area (Å²) in [4.78, 5) is 0. The monoisotopic (exact) mass is 336 g/mol. The SMILES string of the molecule is C=CC1=C(C(C)(C)C)CC(COC)(COC)C/C1=C\[Si](C)(C)C. The highest BCUT2D eigenvalue weighted by atomic mass is 28.3. The number of allylic oxidation sites excluding steroid dienone is 4. The van der Waals surface area contributed by atoms with Crippen LogP contribution in [0.15, 0.2) is 35.1 Å². The number of ether oxygens (including phenoxy) is 2. The molecule has 1 aliphatic rings. The predicted octanol–water partition coefficient (Wildman–Crippen LogP) is 5.39. The minimum Gasteiger partial charge on any atom is -0.384 e.